The van der Waals surface area contributed by atoms with Crippen molar-refractivity contribution in [3.8, 4) is 0 Å². The molecule has 0 spiro atoms. The first kappa shape index (κ1) is 9.48. The molecule has 2 N–H and O–H groups in total. The smallest absolute Gasteiger partial charge is 0.252 e. The molecule has 0 fully saturated rings. The van der Waals surface area contributed by atoms with Crippen LogP contribution in [0, 0.1) is 5.82 Å². The third kappa shape index (κ3) is 1.76. The zero-order chi connectivity index (χ0) is 9.30. The summed E-state index contributed by atoms with van der Waals surface area (Å²) in [6.45, 7) is 0. The Bertz CT molecular complexity index is 319. The van der Waals surface area contributed by atoms with Crippen molar-refractivity contribution in [2.45, 2.75) is 0 Å². The third-order valence-corrected chi connectivity index (χ3v) is 2.18. The van der Waals surface area contributed by atoms with E-state index >= 15 is 0 Å². The standard InChI is InChI=1S/C7H4BrClFNO/c8-4-1-3(7(9)12)2-5(10)6(4)11/h1-2H,11H2. The van der Waals surface area contributed by atoms with E-state index in [1.165, 1.54) is 6.07 Å². The minimum Gasteiger partial charge on any atom is -0.395 e. The number of hydrogen-bond donors (Lipinski definition) is 1. The first-order valence-electron chi connectivity index (χ1n) is 2.96. The molecule has 0 aliphatic rings. The van der Waals surface area contributed by atoms with Crippen LogP contribution >= 0.6 is 27.5 Å². The molecule has 2 nitrogen and oxygen atoms in total. The monoisotopic (exact) mass is 251 g/mol. The lowest BCUT2D eigenvalue weighted by molar-refractivity contribution is 0.108. The summed E-state index contributed by atoms with van der Waals surface area (Å²) in [5.74, 6) is -0.659. The van der Waals surface area contributed by atoms with E-state index < -0.39 is 11.1 Å². The van der Waals surface area contributed by atoms with Gasteiger partial charge in [0.15, 0.2) is 0 Å². The fourth-order valence-corrected chi connectivity index (χ4v) is 1.24. The lowest BCUT2D eigenvalue weighted by atomic mass is 10.2. The predicted octanol–water partition coefficient (Wildman–Crippen LogP) is 2.55. The largest absolute Gasteiger partial charge is 0.395 e. The molecule has 0 heterocycles. The fraction of sp³-hybridized carbons (Fsp3) is 0. The van der Waals surface area contributed by atoms with Crippen LogP contribution in [0.1, 0.15) is 10.4 Å². The van der Waals surface area contributed by atoms with Crippen LogP contribution in [0.2, 0.25) is 0 Å². The number of hydrogen-bond acceptors (Lipinski definition) is 2. The van der Waals surface area contributed by atoms with Crippen LogP contribution < -0.4 is 5.73 Å². The van der Waals surface area contributed by atoms with Crippen LogP contribution in [0.4, 0.5) is 10.1 Å². The molecule has 0 saturated carbocycles. The minimum atomic E-state index is -0.713. The maximum absolute atomic E-state index is 12.8. The van der Waals surface area contributed by atoms with Gasteiger partial charge >= 0.3 is 0 Å². The summed E-state index contributed by atoms with van der Waals surface area (Å²) < 4.78 is 13.2. The highest BCUT2D eigenvalue weighted by atomic mass is 79.9. The first-order valence-corrected chi connectivity index (χ1v) is 4.14. The molecule has 0 saturated heterocycles. The Morgan fingerprint density at radius 1 is 1.58 bits per heavy atom. The molecule has 12 heavy (non-hydrogen) atoms. The van der Waals surface area contributed by atoms with Gasteiger partial charge in [-0.25, -0.2) is 4.39 Å². The number of carbonyl (C=O) groups excluding carboxylic acids is 1. The number of anilines is 1. The lowest BCUT2D eigenvalue weighted by Gasteiger charge is -2.01. The van der Waals surface area contributed by atoms with Crippen LogP contribution in [-0.4, -0.2) is 5.24 Å². The van der Waals surface area contributed by atoms with E-state index in [0.717, 1.165) is 6.07 Å². The second-order valence-electron chi connectivity index (χ2n) is 2.13. The first-order chi connectivity index (χ1) is 5.52. The van der Waals surface area contributed by atoms with Gasteiger partial charge in [0, 0.05) is 10.0 Å². The van der Waals surface area contributed by atoms with Crippen molar-refractivity contribution < 1.29 is 9.18 Å². The highest BCUT2D eigenvalue weighted by Gasteiger charge is 2.09. The quantitative estimate of drug-likeness (QED) is 0.616. The summed E-state index contributed by atoms with van der Waals surface area (Å²) >= 11 is 8.12. The van der Waals surface area contributed by atoms with Crippen molar-refractivity contribution in [3.05, 3.63) is 28.0 Å². The van der Waals surface area contributed by atoms with E-state index in [2.05, 4.69) is 15.9 Å². The number of carbonyl (C=O) groups is 1. The van der Waals surface area contributed by atoms with Gasteiger partial charge in [-0.15, -0.1) is 0 Å². The molecule has 1 aromatic rings. The van der Waals surface area contributed by atoms with Gasteiger partial charge < -0.3 is 5.73 Å². The Hall–Kier alpha value is -0.610. The Balaban J connectivity index is 3.31. The number of rotatable bonds is 1. The van der Waals surface area contributed by atoms with Gasteiger partial charge in [0.2, 0.25) is 0 Å². The lowest BCUT2D eigenvalue weighted by Crippen LogP contribution is -1.96. The molecule has 1 aromatic carbocycles. The maximum Gasteiger partial charge on any atom is 0.252 e. The van der Waals surface area contributed by atoms with Gasteiger partial charge in [-0.05, 0) is 39.7 Å². The normalized spacial score (nSPS) is 9.92. The van der Waals surface area contributed by atoms with Gasteiger partial charge in [0.25, 0.3) is 5.24 Å². The number of benzene rings is 1. The van der Waals surface area contributed by atoms with Gasteiger partial charge in [-0.2, -0.15) is 0 Å². The highest BCUT2D eigenvalue weighted by Crippen LogP contribution is 2.24. The van der Waals surface area contributed by atoms with Crippen LogP contribution in [0.3, 0.4) is 0 Å². The maximum atomic E-state index is 12.8. The molecule has 0 aliphatic carbocycles. The van der Waals surface area contributed by atoms with Crippen LogP contribution in [-0.2, 0) is 0 Å². The molecule has 0 atom stereocenters. The molecule has 0 amide bonds. The van der Waals surface area contributed by atoms with Crippen molar-refractivity contribution in [1.82, 2.24) is 0 Å². The SMILES string of the molecule is Nc1c(F)cc(C(=O)Cl)cc1Br. The summed E-state index contributed by atoms with van der Waals surface area (Å²) in [5.41, 5.74) is 5.32. The van der Waals surface area contributed by atoms with Crippen LogP contribution in [0.15, 0.2) is 16.6 Å². The van der Waals surface area contributed by atoms with Crippen molar-refractivity contribution in [3.63, 3.8) is 0 Å². The zero-order valence-electron chi connectivity index (χ0n) is 5.77. The zero-order valence-corrected chi connectivity index (χ0v) is 8.12. The second-order valence-corrected chi connectivity index (χ2v) is 3.32. The topological polar surface area (TPSA) is 43.1 Å². The summed E-state index contributed by atoms with van der Waals surface area (Å²) in [6, 6.07) is 2.36. The Kier molecular flexibility index (Phi) is 2.69. The summed E-state index contributed by atoms with van der Waals surface area (Å²) in [5, 5.41) is -0.713. The predicted molar refractivity (Wildman–Crippen MR) is 48.7 cm³/mol. The molecular formula is C7H4BrClFNO. The van der Waals surface area contributed by atoms with Crippen molar-refractivity contribution in [1.29, 1.82) is 0 Å². The Morgan fingerprint density at radius 2 is 2.17 bits per heavy atom. The molecule has 0 radical (unpaired) electrons. The van der Waals surface area contributed by atoms with Crippen molar-refractivity contribution in [2.24, 2.45) is 0 Å². The van der Waals surface area contributed by atoms with Gasteiger partial charge in [0.05, 0.1) is 5.69 Å². The molecule has 1 rings (SSSR count). The number of halogens is 3. The average Bonchev–Trinajstić information content (AvgIpc) is 1.99. The number of nitrogens with two attached hydrogens (primary N) is 1. The van der Waals surface area contributed by atoms with E-state index in [1.807, 2.05) is 0 Å². The van der Waals surface area contributed by atoms with E-state index in [4.69, 9.17) is 17.3 Å². The fourth-order valence-electron chi connectivity index (χ4n) is 0.698. The van der Waals surface area contributed by atoms with Gasteiger partial charge in [-0.1, -0.05) is 0 Å². The molecular weight excluding hydrogens is 248 g/mol. The van der Waals surface area contributed by atoms with Gasteiger partial charge in [0.1, 0.15) is 5.82 Å². The summed E-state index contributed by atoms with van der Waals surface area (Å²) in [6.07, 6.45) is 0. The molecule has 64 valence electrons. The van der Waals surface area contributed by atoms with Crippen LogP contribution in [0.25, 0.3) is 0 Å². The Morgan fingerprint density at radius 3 is 2.58 bits per heavy atom. The second kappa shape index (κ2) is 3.41. The van der Waals surface area contributed by atoms with E-state index in [9.17, 15) is 9.18 Å². The van der Waals surface area contributed by atoms with E-state index in [-0.39, 0.29) is 11.3 Å². The summed E-state index contributed by atoms with van der Waals surface area (Å²) in [7, 11) is 0. The molecule has 0 unspecified atom stereocenters. The molecule has 5 heteroatoms. The van der Waals surface area contributed by atoms with Crippen molar-refractivity contribution >= 4 is 38.5 Å². The minimum absolute atomic E-state index is 0.0309. The van der Waals surface area contributed by atoms with Crippen molar-refractivity contribution in [2.75, 3.05) is 5.73 Å². The average molecular weight is 252 g/mol. The molecule has 0 aliphatic heterocycles. The number of nitrogen functional groups attached to an aromatic ring is 1. The molecule has 0 aromatic heterocycles. The van der Waals surface area contributed by atoms with Crippen LogP contribution in [0.5, 0.6) is 0 Å². The highest BCUT2D eigenvalue weighted by molar-refractivity contribution is 9.10. The molecule has 0 bridgehead atoms. The van der Waals surface area contributed by atoms with E-state index in [1.54, 1.807) is 0 Å². The van der Waals surface area contributed by atoms with E-state index in [0.29, 0.717) is 4.47 Å². The Labute approximate surface area is 81.6 Å². The van der Waals surface area contributed by atoms with Gasteiger partial charge in [-0.3, -0.25) is 4.79 Å². The summed E-state index contributed by atoms with van der Waals surface area (Å²) in [4.78, 5) is 10.6. The third-order valence-electron chi connectivity index (χ3n) is 1.31.